The van der Waals surface area contributed by atoms with Crippen LogP contribution in [-0.2, 0) is 4.74 Å². The molecule has 0 spiro atoms. The molecular formula is C17H22N4O3. The normalized spacial score (nSPS) is 10.3. The molecule has 0 bridgehead atoms. The Hall–Kier alpha value is -2.67. The van der Waals surface area contributed by atoms with Crippen molar-refractivity contribution in [3.05, 3.63) is 41.7 Å². The van der Waals surface area contributed by atoms with E-state index in [2.05, 4.69) is 20.6 Å². The zero-order valence-electron chi connectivity index (χ0n) is 14.1. The van der Waals surface area contributed by atoms with Crippen LogP contribution in [0.15, 0.2) is 30.3 Å². The van der Waals surface area contributed by atoms with Gasteiger partial charge in [0.1, 0.15) is 11.4 Å². The van der Waals surface area contributed by atoms with Gasteiger partial charge in [0.05, 0.1) is 18.9 Å². The maximum atomic E-state index is 12.5. The van der Waals surface area contributed by atoms with Gasteiger partial charge >= 0.3 is 0 Å². The third kappa shape index (κ3) is 4.92. The molecular weight excluding hydrogens is 308 g/mol. The van der Waals surface area contributed by atoms with Crippen molar-refractivity contribution in [2.75, 3.05) is 37.5 Å². The van der Waals surface area contributed by atoms with E-state index in [1.807, 2.05) is 32.0 Å². The first kappa shape index (κ1) is 17.7. The third-order valence-electron chi connectivity index (χ3n) is 3.11. The standard InChI is InChI=1S/C17H22N4O3/c1-4-24-15-8-6-5-7-13(15)20-16(22)14-11-12(2)19-17(21-14)18-9-10-23-3/h5-8,11H,4,9-10H2,1-3H3,(H,20,22)(H,18,19,21). The number of benzene rings is 1. The van der Waals surface area contributed by atoms with Gasteiger partial charge in [-0.2, -0.15) is 0 Å². The van der Waals surface area contributed by atoms with Crippen molar-refractivity contribution in [1.29, 1.82) is 0 Å². The third-order valence-corrected chi connectivity index (χ3v) is 3.11. The molecule has 1 heterocycles. The lowest BCUT2D eigenvalue weighted by Crippen LogP contribution is -2.17. The van der Waals surface area contributed by atoms with Crippen LogP contribution in [0.3, 0.4) is 0 Å². The van der Waals surface area contributed by atoms with E-state index in [9.17, 15) is 4.79 Å². The van der Waals surface area contributed by atoms with Crippen LogP contribution in [0.2, 0.25) is 0 Å². The minimum absolute atomic E-state index is 0.286. The lowest BCUT2D eigenvalue weighted by molar-refractivity contribution is 0.102. The van der Waals surface area contributed by atoms with Gasteiger partial charge in [0.15, 0.2) is 0 Å². The second kappa shape index (κ2) is 8.83. The topological polar surface area (TPSA) is 85.4 Å². The molecule has 0 saturated heterocycles. The maximum Gasteiger partial charge on any atom is 0.274 e. The highest BCUT2D eigenvalue weighted by atomic mass is 16.5. The minimum Gasteiger partial charge on any atom is -0.492 e. The molecule has 24 heavy (non-hydrogen) atoms. The van der Waals surface area contributed by atoms with Crippen LogP contribution in [-0.4, -0.2) is 42.7 Å². The highest BCUT2D eigenvalue weighted by molar-refractivity contribution is 6.03. The van der Waals surface area contributed by atoms with Crippen LogP contribution in [0.4, 0.5) is 11.6 Å². The van der Waals surface area contributed by atoms with Crippen molar-refractivity contribution in [1.82, 2.24) is 9.97 Å². The van der Waals surface area contributed by atoms with Crippen molar-refractivity contribution in [3.63, 3.8) is 0 Å². The number of aryl methyl sites for hydroxylation is 1. The molecule has 7 nitrogen and oxygen atoms in total. The monoisotopic (exact) mass is 330 g/mol. The van der Waals surface area contributed by atoms with Crippen molar-refractivity contribution in [2.24, 2.45) is 0 Å². The molecule has 0 saturated carbocycles. The van der Waals surface area contributed by atoms with Crippen LogP contribution in [0.1, 0.15) is 23.1 Å². The highest BCUT2D eigenvalue weighted by Gasteiger charge is 2.13. The van der Waals surface area contributed by atoms with Crippen LogP contribution < -0.4 is 15.4 Å². The second-order valence-corrected chi connectivity index (χ2v) is 5.02. The van der Waals surface area contributed by atoms with Gasteiger partial charge < -0.3 is 20.1 Å². The summed E-state index contributed by atoms with van der Waals surface area (Å²) in [6.45, 7) is 5.32. The number of ether oxygens (including phenoxy) is 2. The maximum absolute atomic E-state index is 12.5. The summed E-state index contributed by atoms with van der Waals surface area (Å²) < 4.78 is 10.5. The number of aromatic nitrogens is 2. The fourth-order valence-electron chi connectivity index (χ4n) is 2.07. The van der Waals surface area contributed by atoms with Gasteiger partial charge in [0, 0.05) is 19.3 Å². The molecule has 0 atom stereocenters. The predicted molar refractivity (Wildman–Crippen MR) is 92.7 cm³/mol. The molecule has 0 unspecified atom stereocenters. The number of hydrogen-bond acceptors (Lipinski definition) is 6. The molecule has 0 aliphatic carbocycles. The Morgan fingerprint density at radius 3 is 2.79 bits per heavy atom. The summed E-state index contributed by atoms with van der Waals surface area (Å²) in [5, 5.41) is 5.85. The van der Waals surface area contributed by atoms with E-state index >= 15 is 0 Å². The first-order chi connectivity index (χ1) is 11.6. The summed E-state index contributed by atoms with van der Waals surface area (Å²) in [6.07, 6.45) is 0. The number of anilines is 2. The summed E-state index contributed by atoms with van der Waals surface area (Å²) >= 11 is 0. The summed E-state index contributed by atoms with van der Waals surface area (Å²) in [7, 11) is 1.62. The summed E-state index contributed by atoms with van der Waals surface area (Å²) in [6, 6.07) is 8.92. The van der Waals surface area contributed by atoms with Crippen LogP contribution in [0.25, 0.3) is 0 Å². The van der Waals surface area contributed by atoms with E-state index in [0.29, 0.717) is 42.8 Å². The van der Waals surface area contributed by atoms with E-state index in [4.69, 9.17) is 9.47 Å². The second-order valence-electron chi connectivity index (χ2n) is 5.02. The molecule has 0 radical (unpaired) electrons. The van der Waals surface area contributed by atoms with Gasteiger partial charge in [-0.3, -0.25) is 4.79 Å². The minimum atomic E-state index is -0.317. The largest absolute Gasteiger partial charge is 0.492 e. The number of methoxy groups -OCH3 is 1. The molecule has 1 amide bonds. The predicted octanol–water partition coefficient (Wildman–Crippen LogP) is 2.49. The average molecular weight is 330 g/mol. The van der Waals surface area contributed by atoms with Crippen molar-refractivity contribution in [2.45, 2.75) is 13.8 Å². The molecule has 0 aliphatic heterocycles. The SMILES string of the molecule is CCOc1ccccc1NC(=O)c1cc(C)nc(NCCOC)n1. The van der Waals surface area contributed by atoms with E-state index < -0.39 is 0 Å². The van der Waals surface area contributed by atoms with Crippen LogP contribution >= 0.6 is 0 Å². The fraction of sp³-hybridized carbons (Fsp3) is 0.353. The molecule has 0 fully saturated rings. The first-order valence-electron chi connectivity index (χ1n) is 7.75. The first-order valence-corrected chi connectivity index (χ1v) is 7.75. The van der Waals surface area contributed by atoms with E-state index in [-0.39, 0.29) is 11.6 Å². The Morgan fingerprint density at radius 1 is 1.25 bits per heavy atom. The Bertz CT molecular complexity index is 691. The summed E-state index contributed by atoms with van der Waals surface area (Å²) in [5.74, 6) is 0.704. The van der Waals surface area contributed by atoms with Crippen LogP contribution in [0.5, 0.6) is 5.75 Å². The molecule has 0 aliphatic rings. The van der Waals surface area contributed by atoms with Crippen LogP contribution in [0, 0.1) is 6.92 Å². The molecule has 2 aromatic rings. The van der Waals surface area contributed by atoms with Crippen molar-refractivity contribution < 1.29 is 14.3 Å². The molecule has 1 aromatic heterocycles. The Labute approximate surface area is 141 Å². The van der Waals surface area contributed by atoms with E-state index in [1.165, 1.54) is 0 Å². The van der Waals surface area contributed by atoms with E-state index in [1.54, 1.807) is 19.2 Å². The number of nitrogens with zero attached hydrogens (tertiary/aromatic N) is 2. The van der Waals surface area contributed by atoms with Gasteiger partial charge in [-0.1, -0.05) is 12.1 Å². The molecule has 7 heteroatoms. The smallest absolute Gasteiger partial charge is 0.274 e. The van der Waals surface area contributed by atoms with Gasteiger partial charge in [0.2, 0.25) is 5.95 Å². The molecule has 1 aromatic carbocycles. The number of amides is 1. The Balaban J connectivity index is 2.15. The number of nitrogens with one attached hydrogen (secondary N) is 2. The summed E-state index contributed by atoms with van der Waals surface area (Å²) in [4.78, 5) is 21.0. The number of para-hydroxylation sites is 2. The summed E-state index contributed by atoms with van der Waals surface area (Å²) in [5.41, 5.74) is 1.59. The number of carbonyl (C=O) groups is 1. The highest BCUT2D eigenvalue weighted by Crippen LogP contribution is 2.24. The molecule has 2 rings (SSSR count). The number of hydrogen-bond donors (Lipinski definition) is 2. The lowest BCUT2D eigenvalue weighted by Gasteiger charge is -2.12. The van der Waals surface area contributed by atoms with Gasteiger partial charge in [-0.05, 0) is 32.0 Å². The average Bonchev–Trinajstić information content (AvgIpc) is 2.56. The van der Waals surface area contributed by atoms with Crippen molar-refractivity contribution in [3.8, 4) is 5.75 Å². The Kier molecular flexibility index (Phi) is 6.51. The van der Waals surface area contributed by atoms with Gasteiger partial charge in [-0.25, -0.2) is 9.97 Å². The number of rotatable bonds is 8. The quantitative estimate of drug-likeness (QED) is 0.723. The fourth-order valence-corrected chi connectivity index (χ4v) is 2.07. The molecule has 128 valence electrons. The van der Waals surface area contributed by atoms with Gasteiger partial charge in [-0.15, -0.1) is 0 Å². The number of carbonyl (C=O) groups excluding carboxylic acids is 1. The zero-order valence-corrected chi connectivity index (χ0v) is 14.1. The van der Waals surface area contributed by atoms with Gasteiger partial charge in [0.25, 0.3) is 5.91 Å². The van der Waals surface area contributed by atoms with Crippen molar-refractivity contribution >= 4 is 17.5 Å². The molecule has 2 N–H and O–H groups in total. The Morgan fingerprint density at radius 2 is 2.04 bits per heavy atom. The van der Waals surface area contributed by atoms with E-state index in [0.717, 1.165) is 0 Å². The zero-order chi connectivity index (χ0) is 17.4. The lowest BCUT2D eigenvalue weighted by atomic mass is 10.2.